The number of halogens is 2. The van der Waals surface area contributed by atoms with Gasteiger partial charge in [-0.15, -0.1) is 0 Å². The second-order valence-electron chi connectivity index (χ2n) is 9.67. The van der Waals surface area contributed by atoms with Gasteiger partial charge in [-0.2, -0.15) is 0 Å². The molecule has 1 aliphatic heterocycles. The van der Waals surface area contributed by atoms with Crippen molar-refractivity contribution in [1.29, 1.82) is 0 Å². The van der Waals surface area contributed by atoms with E-state index < -0.39 is 18.6 Å². The van der Waals surface area contributed by atoms with E-state index in [1.54, 1.807) is 0 Å². The molecular weight excluding hydrogens is 450 g/mol. The van der Waals surface area contributed by atoms with Gasteiger partial charge in [0.05, 0.1) is 19.3 Å². The number of benzene rings is 2. The van der Waals surface area contributed by atoms with Crippen LogP contribution in [0.5, 0.6) is 0 Å². The molecule has 2 aromatic carbocycles. The van der Waals surface area contributed by atoms with Gasteiger partial charge in [-0.1, -0.05) is 60.7 Å². The lowest BCUT2D eigenvalue weighted by Gasteiger charge is -2.37. The zero-order valence-electron chi connectivity index (χ0n) is 20.3. The molecular formula is C28H36F2N2O3. The van der Waals surface area contributed by atoms with E-state index in [-0.39, 0.29) is 19.1 Å². The predicted molar refractivity (Wildman–Crippen MR) is 131 cm³/mol. The zero-order valence-corrected chi connectivity index (χ0v) is 20.3. The second kappa shape index (κ2) is 12.5. The van der Waals surface area contributed by atoms with Crippen LogP contribution in [-0.4, -0.2) is 60.3 Å². The highest BCUT2D eigenvalue weighted by Crippen LogP contribution is 2.28. The fraction of sp³-hybridized carbons (Fsp3) is 0.536. The van der Waals surface area contributed by atoms with Crippen LogP contribution in [0.1, 0.15) is 49.7 Å². The Morgan fingerprint density at radius 3 is 2.09 bits per heavy atom. The van der Waals surface area contributed by atoms with Crippen LogP contribution in [0.3, 0.4) is 0 Å². The molecule has 4 rings (SSSR count). The summed E-state index contributed by atoms with van der Waals surface area (Å²) in [6.07, 6.45) is 3.60. The molecule has 1 aliphatic carbocycles. The van der Waals surface area contributed by atoms with Crippen LogP contribution >= 0.6 is 0 Å². The summed E-state index contributed by atoms with van der Waals surface area (Å²) in [5.74, 6) is -2.82. The van der Waals surface area contributed by atoms with E-state index in [2.05, 4.69) is 53.4 Å². The van der Waals surface area contributed by atoms with Crippen LogP contribution in [-0.2, 0) is 22.6 Å². The van der Waals surface area contributed by atoms with Crippen molar-refractivity contribution in [1.82, 2.24) is 9.80 Å². The molecule has 1 amide bonds. The Balaban J connectivity index is 1.20. The highest BCUT2D eigenvalue weighted by molar-refractivity contribution is 5.67. The van der Waals surface area contributed by atoms with Gasteiger partial charge in [0.2, 0.25) is 0 Å². The van der Waals surface area contributed by atoms with Gasteiger partial charge in [0.25, 0.3) is 5.92 Å². The maximum absolute atomic E-state index is 13.5. The maximum atomic E-state index is 13.5. The molecule has 2 aliphatic rings. The van der Waals surface area contributed by atoms with Crippen LogP contribution in [0.4, 0.5) is 13.6 Å². The molecule has 1 saturated carbocycles. The van der Waals surface area contributed by atoms with Crippen LogP contribution in [0.25, 0.3) is 0 Å². The molecule has 0 unspecified atom stereocenters. The predicted octanol–water partition coefficient (Wildman–Crippen LogP) is 5.88. The third-order valence-electron chi connectivity index (χ3n) is 6.93. The smallest absolute Gasteiger partial charge is 0.410 e. The summed E-state index contributed by atoms with van der Waals surface area (Å²) in [5.41, 5.74) is 2.63. The Hall–Kier alpha value is -2.51. The first-order valence-corrected chi connectivity index (χ1v) is 12.7. The van der Waals surface area contributed by atoms with Gasteiger partial charge in [-0.3, -0.25) is 4.90 Å². The van der Waals surface area contributed by atoms with E-state index in [0.717, 1.165) is 43.7 Å². The van der Waals surface area contributed by atoms with Gasteiger partial charge in [-0.25, -0.2) is 13.6 Å². The molecule has 2 aromatic rings. The number of nitrogens with zero attached hydrogens (tertiary/aromatic N) is 2. The number of hydrogen-bond donors (Lipinski definition) is 0. The molecule has 35 heavy (non-hydrogen) atoms. The molecule has 2 fully saturated rings. The highest BCUT2D eigenvalue weighted by Gasteiger charge is 2.37. The van der Waals surface area contributed by atoms with Crippen molar-refractivity contribution in [3.63, 3.8) is 0 Å². The SMILES string of the molecule is O=C(OCCOC1CCC(N(Cc2ccccc2)Cc2ccccc2)CC1)N1CCCC(F)(F)C1. The molecule has 1 saturated heterocycles. The molecule has 0 radical (unpaired) electrons. The van der Waals surface area contributed by atoms with Gasteiger partial charge in [0.15, 0.2) is 0 Å². The molecule has 0 bridgehead atoms. The Bertz CT molecular complexity index is 863. The van der Waals surface area contributed by atoms with Crippen LogP contribution in [0.2, 0.25) is 0 Å². The number of likely N-dealkylation sites (tertiary alicyclic amines) is 1. The lowest BCUT2D eigenvalue weighted by Crippen LogP contribution is -2.46. The normalized spacial score (nSPS) is 22.2. The van der Waals surface area contributed by atoms with E-state index in [4.69, 9.17) is 9.47 Å². The molecule has 0 N–H and O–H groups in total. The second-order valence-corrected chi connectivity index (χ2v) is 9.67. The third-order valence-corrected chi connectivity index (χ3v) is 6.93. The summed E-state index contributed by atoms with van der Waals surface area (Å²) < 4.78 is 38.1. The maximum Gasteiger partial charge on any atom is 0.410 e. The third kappa shape index (κ3) is 8.00. The van der Waals surface area contributed by atoms with Crippen molar-refractivity contribution < 1.29 is 23.0 Å². The summed E-state index contributed by atoms with van der Waals surface area (Å²) in [6.45, 7) is 1.98. The summed E-state index contributed by atoms with van der Waals surface area (Å²) >= 11 is 0. The topological polar surface area (TPSA) is 42.0 Å². The van der Waals surface area contributed by atoms with E-state index >= 15 is 0 Å². The largest absolute Gasteiger partial charge is 0.447 e. The first-order valence-electron chi connectivity index (χ1n) is 12.7. The molecule has 5 nitrogen and oxygen atoms in total. The molecule has 0 aromatic heterocycles. The average Bonchev–Trinajstić information content (AvgIpc) is 2.87. The molecule has 0 atom stereocenters. The van der Waals surface area contributed by atoms with E-state index in [1.165, 1.54) is 11.1 Å². The first kappa shape index (κ1) is 25.6. The minimum atomic E-state index is -2.82. The minimum absolute atomic E-state index is 0.0922. The Morgan fingerprint density at radius 1 is 0.914 bits per heavy atom. The van der Waals surface area contributed by atoms with Crippen molar-refractivity contribution in [3.05, 3.63) is 71.8 Å². The van der Waals surface area contributed by atoms with Crippen molar-refractivity contribution in [2.75, 3.05) is 26.3 Å². The van der Waals surface area contributed by atoms with Gasteiger partial charge in [-0.05, 0) is 43.2 Å². The summed E-state index contributed by atoms with van der Waals surface area (Å²) in [4.78, 5) is 15.7. The average molecular weight is 487 g/mol. The number of piperidine rings is 1. The van der Waals surface area contributed by atoms with E-state index in [1.807, 2.05) is 12.1 Å². The lowest BCUT2D eigenvalue weighted by atomic mass is 9.91. The summed E-state index contributed by atoms with van der Waals surface area (Å²) in [6, 6.07) is 21.6. The molecule has 190 valence electrons. The number of carbonyl (C=O) groups excluding carboxylic acids is 1. The fourth-order valence-electron chi connectivity index (χ4n) is 5.08. The van der Waals surface area contributed by atoms with Crippen molar-refractivity contribution in [3.8, 4) is 0 Å². The van der Waals surface area contributed by atoms with Crippen molar-refractivity contribution in [2.24, 2.45) is 0 Å². The van der Waals surface area contributed by atoms with Gasteiger partial charge in [0, 0.05) is 32.1 Å². The monoisotopic (exact) mass is 486 g/mol. The van der Waals surface area contributed by atoms with Gasteiger partial charge in [0.1, 0.15) is 6.61 Å². The van der Waals surface area contributed by atoms with Crippen molar-refractivity contribution in [2.45, 2.75) is 69.7 Å². The molecule has 7 heteroatoms. The number of hydrogen-bond acceptors (Lipinski definition) is 4. The molecule has 1 heterocycles. The minimum Gasteiger partial charge on any atom is -0.447 e. The van der Waals surface area contributed by atoms with Crippen LogP contribution < -0.4 is 0 Å². The first-order chi connectivity index (χ1) is 17.0. The Morgan fingerprint density at radius 2 is 1.51 bits per heavy atom. The van der Waals surface area contributed by atoms with E-state index in [0.29, 0.717) is 25.6 Å². The zero-order chi connectivity index (χ0) is 24.5. The van der Waals surface area contributed by atoms with Gasteiger partial charge < -0.3 is 14.4 Å². The molecule has 0 spiro atoms. The standard InChI is InChI=1S/C28H36F2N2O3/c29-28(30)16-7-17-31(22-28)27(33)35-19-18-34-26-14-12-25(13-15-26)32(20-23-8-3-1-4-9-23)21-24-10-5-2-6-11-24/h1-6,8-11,25-26H,7,12-22H2. The number of ether oxygens (including phenoxy) is 2. The Labute approximate surface area is 207 Å². The number of alkyl halides is 2. The number of carbonyl (C=O) groups is 1. The quantitative estimate of drug-likeness (QED) is 0.415. The Kier molecular flexibility index (Phi) is 9.10. The van der Waals surface area contributed by atoms with Crippen molar-refractivity contribution >= 4 is 6.09 Å². The lowest BCUT2D eigenvalue weighted by molar-refractivity contribution is -0.0640. The van der Waals surface area contributed by atoms with E-state index in [9.17, 15) is 13.6 Å². The number of rotatable bonds is 9. The fourth-order valence-corrected chi connectivity index (χ4v) is 5.08. The summed E-state index contributed by atoms with van der Waals surface area (Å²) in [7, 11) is 0. The highest BCUT2D eigenvalue weighted by atomic mass is 19.3. The van der Waals surface area contributed by atoms with Gasteiger partial charge >= 0.3 is 6.09 Å². The number of amides is 1. The van der Waals surface area contributed by atoms with Crippen LogP contribution in [0, 0.1) is 0 Å². The summed E-state index contributed by atoms with van der Waals surface area (Å²) in [5, 5.41) is 0. The van der Waals surface area contributed by atoms with Crippen LogP contribution in [0.15, 0.2) is 60.7 Å².